The van der Waals surface area contributed by atoms with Crippen molar-refractivity contribution in [3.05, 3.63) is 35.5 Å². The molecule has 0 N–H and O–H groups in total. The molecule has 0 unspecified atom stereocenters. The summed E-state index contributed by atoms with van der Waals surface area (Å²) in [4.78, 5) is 8.52. The SMILES string of the molecule is CSc1nccc(-n2nnc3cc(Cl)ccc32)n1. The molecule has 5 nitrogen and oxygen atoms in total. The van der Waals surface area contributed by atoms with Gasteiger partial charge in [-0.3, -0.25) is 0 Å². The third-order valence-electron chi connectivity index (χ3n) is 2.43. The van der Waals surface area contributed by atoms with E-state index in [1.807, 2.05) is 12.3 Å². The Hall–Kier alpha value is -1.66. The zero-order chi connectivity index (χ0) is 12.5. The molecule has 90 valence electrons. The average molecular weight is 278 g/mol. The fourth-order valence-electron chi connectivity index (χ4n) is 1.61. The molecule has 7 heteroatoms. The Bertz CT molecular complexity index is 711. The number of thioether (sulfide) groups is 1. The van der Waals surface area contributed by atoms with Crippen LogP contribution in [0.3, 0.4) is 0 Å². The summed E-state index contributed by atoms with van der Waals surface area (Å²) in [6, 6.07) is 7.25. The van der Waals surface area contributed by atoms with Gasteiger partial charge in [0.2, 0.25) is 0 Å². The molecule has 3 aromatic rings. The number of aromatic nitrogens is 5. The predicted molar refractivity (Wildman–Crippen MR) is 71.2 cm³/mol. The first kappa shape index (κ1) is 11.4. The maximum Gasteiger partial charge on any atom is 0.189 e. The lowest BCUT2D eigenvalue weighted by molar-refractivity contribution is 0.777. The smallest absolute Gasteiger partial charge is 0.189 e. The van der Waals surface area contributed by atoms with E-state index in [0.29, 0.717) is 16.0 Å². The van der Waals surface area contributed by atoms with Crippen molar-refractivity contribution in [2.75, 3.05) is 6.26 Å². The topological polar surface area (TPSA) is 56.5 Å². The van der Waals surface area contributed by atoms with Gasteiger partial charge in [0.05, 0.1) is 5.52 Å². The lowest BCUT2D eigenvalue weighted by Crippen LogP contribution is -2.01. The van der Waals surface area contributed by atoms with Crippen molar-refractivity contribution in [2.45, 2.75) is 5.16 Å². The van der Waals surface area contributed by atoms with E-state index < -0.39 is 0 Å². The van der Waals surface area contributed by atoms with Crippen LogP contribution in [0.5, 0.6) is 0 Å². The fraction of sp³-hybridized carbons (Fsp3) is 0.0909. The van der Waals surface area contributed by atoms with Crippen molar-refractivity contribution >= 4 is 34.4 Å². The first-order valence-corrected chi connectivity index (χ1v) is 6.76. The van der Waals surface area contributed by atoms with E-state index in [4.69, 9.17) is 11.6 Å². The lowest BCUT2D eigenvalue weighted by Gasteiger charge is -2.02. The van der Waals surface area contributed by atoms with Crippen LogP contribution >= 0.6 is 23.4 Å². The molecular weight excluding hydrogens is 270 g/mol. The minimum Gasteiger partial charge on any atom is -0.231 e. The number of hydrogen-bond donors (Lipinski definition) is 0. The molecule has 2 heterocycles. The van der Waals surface area contributed by atoms with E-state index in [1.165, 1.54) is 11.8 Å². The molecule has 0 fully saturated rings. The number of benzene rings is 1. The summed E-state index contributed by atoms with van der Waals surface area (Å²) < 4.78 is 1.67. The Balaban J connectivity index is 2.19. The minimum atomic E-state index is 0.641. The molecule has 0 aliphatic heterocycles. The van der Waals surface area contributed by atoms with Crippen LogP contribution in [0.2, 0.25) is 5.02 Å². The van der Waals surface area contributed by atoms with Crippen LogP contribution in [-0.4, -0.2) is 31.2 Å². The van der Waals surface area contributed by atoms with Gasteiger partial charge < -0.3 is 0 Å². The van der Waals surface area contributed by atoms with Crippen molar-refractivity contribution < 1.29 is 0 Å². The van der Waals surface area contributed by atoms with Gasteiger partial charge in [-0.15, -0.1) is 5.10 Å². The summed E-state index contributed by atoms with van der Waals surface area (Å²) in [6.07, 6.45) is 3.63. The zero-order valence-electron chi connectivity index (χ0n) is 9.41. The molecule has 2 aromatic heterocycles. The Morgan fingerprint density at radius 2 is 2.17 bits per heavy atom. The van der Waals surface area contributed by atoms with Gasteiger partial charge in [-0.25, -0.2) is 9.97 Å². The standard InChI is InChI=1S/C11H8ClN5S/c1-18-11-13-5-4-10(14-11)17-9-3-2-7(12)6-8(9)15-16-17/h2-6H,1H3. The molecule has 0 aliphatic rings. The number of nitrogens with zero attached hydrogens (tertiary/aromatic N) is 5. The summed E-state index contributed by atoms with van der Waals surface area (Å²) in [5.41, 5.74) is 1.61. The highest BCUT2D eigenvalue weighted by Gasteiger charge is 2.08. The third-order valence-corrected chi connectivity index (χ3v) is 3.22. The summed E-state index contributed by atoms with van der Waals surface area (Å²) in [5.74, 6) is 0.694. The number of halogens is 1. The van der Waals surface area contributed by atoms with Crippen LogP contribution in [0.1, 0.15) is 0 Å². The Labute approximate surface area is 112 Å². The molecule has 0 bridgehead atoms. The second kappa shape index (κ2) is 4.55. The van der Waals surface area contributed by atoms with Crippen LogP contribution in [-0.2, 0) is 0 Å². The molecule has 0 saturated heterocycles. The van der Waals surface area contributed by atoms with Gasteiger partial charge in [-0.1, -0.05) is 28.6 Å². The lowest BCUT2D eigenvalue weighted by atomic mass is 10.3. The Kier molecular flexibility index (Phi) is 2.89. The maximum atomic E-state index is 5.92. The van der Waals surface area contributed by atoms with E-state index >= 15 is 0 Å². The van der Waals surface area contributed by atoms with E-state index in [0.717, 1.165) is 11.0 Å². The van der Waals surface area contributed by atoms with Crippen LogP contribution < -0.4 is 0 Å². The molecule has 0 radical (unpaired) electrons. The van der Waals surface area contributed by atoms with Crippen molar-refractivity contribution in [1.29, 1.82) is 0 Å². The Morgan fingerprint density at radius 1 is 1.28 bits per heavy atom. The average Bonchev–Trinajstić information content (AvgIpc) is 2.81. The van der Waals surface area contributed by atoms with E-state index in [2.05, 4.69) is 20.3 Å². The molecular formula is C11H8ClN5S. The normalized spacial score (nSPS) is 11.0. The number of hydrogen-bond acceptors (Lipinski definition) is 5. The second-order valence-corrected chi connectivity index (χ2v) is 4.75. The van der Waals surface area contributed by atoms with E-state index in [1.54, 1.807) is 29.1 Å². The predicted octanol–water partition coefficient (Wildman–Crippen LogP) is 2.59. The van der Waals surface area contributed by atoms with E-state index in [-0.39, 0.29) is 0 Å². The van der Waals surface area contributed by atoms with Gasteiger partial charge in [0, 0.05) is 17.3 Å². The molecule has 0 spiro atoms. The van der Waals surface area contributed by atoms with Gasteiger partial charge in [-0.2, -0.15) is 4.68 Å². The van der Waals surface area contributed by atoms with Gasteiger partial charge in [0.15, 0.2) is 11.0 Å². The summed E-state index contributed by atoms with van der Waals surface area (Å²) in [6.45, 7) is 0. The highest BCUT2D eigenvalue weighted by molar-refractivity contribution is 7.98. The van der Waals surface area contributed by atoms with Gasteiger partial charge >= 0.3 is 0 Å². The van der Waals surface area contributed by atoms with Crippen LogP contribution in [0.15, 0.2) is 35.6 Å². The minimum absolute atomic E-state index is 0.641. The highest BCUT2D eigenvalue weighted by Crippen LogP contribution is 2.19. The molecule has 0 saturated carbocycles. The highest BCUT2D eigenvalue weighted by atomic mass is 35.5. The monoisotopic (exact) mass is 277 g/mol. The quantitative estimate of drug-likeness (QED) is 0.532. The number of rotatable bonds is 2. The van der Waals surface area contributed by atoms with Crippen molar-refractivity contribution in [1.82, 2.24) is 25.0 Å². The summed E-state index contributed by atoms with van der Waals surface area (Å²) >= 11 is 7.40. The van der Waals surface area contributed by atoms with Crippen LogP contribution in [0.4, 0.5) is 0 Å². The summed E-state index contributed by atoms with van der Waals surface area (Å²) in [5, 5.41) is 9.50. The van der Waals surface area contributed by atoms with Crippen LogP contribution in [0, 0.1) is 0 Å². The first-order valence-electron chi connectivity index (χ1n) is 5.16. The summed E-state index contributed by atoms with van der Waals surface area (Å²) in [7, 11) is 0. The maximum absolute atomic E-state index is 5.92. The van der Waals surface area contributed by atoms with E-state index in [9.17, 15) is 0 Å². The van der Waals surface area contributed by atoms with Crippen LogP contribution in [0.25, 0.3) is 16.9 Å². The molecule has 0 amide bonds. The van der Waals surface area contributed by atoms with Gasteiger partial charge in [0.25, 0.3) is 0 Å². The molecule has 1 aromatic carbocycles. The van der Waals surface area contributed by atoms with Crippen molar-refractivity contribution in [3.8, 4) is 5.82 Å². The Morgan fingerprint density at radius 3 is 3.00 bits per heavy atom. The number of fused-ring (bicyclic) bond motifs is 1. The molecule has 0 atom stereocenters. The fourth-order valence-corrected chi connectivity index (χ4v) is 2.13. The second-order valence-electron chi connectivity index (χ2n) is 3.54. The van der Waals surface area contributed by atoms with Crippen molar-refractivity contribution in [3.63, 3.8) is 0 Å². The van der Waals surface area contributed by atoms with Gasteiger partial charge in [0.1, 0.15) is 5.52 Å². The molecule has 0 aliphatic carbocycles. The molecule has 3 rings (SSSR count). The zero-order valence-corrected chi connectivity index (χ0v) is 11.0. The third kappa shape index (κ3) is 1.93. The largest absolute Gasteiger partial charge is 0.231 e. The van der Waals surface area contributed by atoms with Gasteiger partial charge in [-0.05, 0) is 24.5 Å². The molecule has 18 heavy (non-hydrogen) atoms. The first-order chi connectivity index (χ1) is 8.78. The van der Waals surface area contributed by atoms with Crippen molar-refractivity contribution in [2.24, 2.45) is 0 Å².